The first-order chi connectivity index (χ1) is 8.20. The molecule has 0 fully saturated rings. The number of nitrogens with zero attached hydrogens (tertiary/aromatic N) is 4. The van der Waals surface area contributed by atoms with Gasteiger partial charge < -0.3 is 5.11 Å². The Bertz CT molecular complexity index is 495. The highest BCUT2D eigenvalue weighted by Crippen LogP contribution is 2.17. The lowest BCUT2D eigenvalue weighted by Gasteiger charge is -2.11. The monoisotopic (exact) mass is 232 g/mol. The zero-order chi connectivity index (χ0) is 12.3. The van der Waals surface area contributed by atoms with Crippen molar-refractivity contribution in [2.45, 2.75) is 32.9 Å². The van der Waals surface area contributed by atoms with Crippen molar-refractivity contribution in [3.05, 3.63) is 41.7 Å². The van der Waals surface area contributed by atoms with Gasteiger partial charge in [-0.2, -0.15) is 5.10 Å². The first-order valence-corrected chi connectivity index (χ1v) is 5.68. The molecule has 0 aromatic carbocycles. The third-order valence-corrected chi connectivity index (χ3v) is 2.68. The van der Waals surface area contributed by atoms with Crippen LogP contribution in [0.5, 0.6) is 0 Å². The number of aromatic nitrogens is 4. The predicted molar refractivity (Wildman–Crippen MR) is 63.3 cm³/mol. The smallest absolute Gasteiger partial charge is 0.138 e. The fourth-order valence-electron chi connectivity index (χ4n) is 1.78. The number of rotatable bonds is 4. The van der Waals surface area contributed by atoms with Crippen molar-refractivity contribution in [3.63, 3.8) is 0 Å². The minimum absolute atomic E-state index is 0.470. The summed E-state index contributed by atoms with van der Waals surface area (Å²) in [5.74, 6) is 0.800. The summed E-state index contributed by atoms with van der Waals surface area (Å²) in [6.07, 6.45) is 3.13. The summed E-state index contributed by atoms with van der Waals surface area (Å²) >= 11 is 0. The van der Waals surface area contributed by atoms with Gasteiger partial charge in [-0.25, -0.2) is 4.98 Å². The normalized spacial score (nSPS) is 12.6. The predicted octanol–water partition coefficient (Wildman–Crippen LogP) is 1.28. The molecule has 0 aliphatic carbocycles. The van der Waals surface area contributed by atoms with Crippen LogP contribution < -0.4 is 0 Å². The molecule has 2 rings (SSSR count). The molecule has 0 amide bonds. The molecule has 1 unspecified atom stereocenters. The number of hydrogen-bond donors (Lipinski definition) is 1. The van der Waals surface area contributed by atoms with Gasteiger partial charge in [0.15, 0.2) is 0 Å². The van der Waals surface area contributed by atoms with Crippen LogP contribution in [0.1, 0.15) is 30.1 Å². The van der Waals surface area contributed by atoms with Crippen molar-refractivity contribution in [1.82, 2.24) is 19.7 Å². The molecule has 0 saturated carbocycles. The Morgan fingerprint density at radius 2 is 2.24 bits per heavy atom. The lowest BCUT2D eigenvalue weighted by molar-refractivity contribution is 0.174. The lowest BCUT2D eigenvalue weighted by atomic mass is 10.1. The van der Waals surface area contributed by atoms with E-state index in [2.05, 4.69) is 15.1 Å². The van der Waals surface area contributed by atoms with E-state index in [1.165, 1.54) is 6.33 Å². The molecule has 17 heavy (non-hydrogen) atoms. The van der Waals surface area contributed by atoms with E-state index in [9.17, 15) is 5.11 Å². The summed E-state index contributed by atoms with van der Waals surface area (Å²) in [5.41, 5.74) is 1.77. The van der Waals surface area contributed by atoms with Gasteiger partial charge in [0.05, 0.1) is 6.10 Å². The molecule has 2 heterocycles. The molecule has 0 bridgehead atoms. The van der Waals surface area contributed by atoms with E-state index < -0.39 is 6.10 Å². The van der Waals surface area contributed by atoms with Gasteiger partial charge >= 0.3 is 0 Å². The maximum absolute atomic E-state index is 10.1. The average Bonchev–Trinajstić information content (AvgIpc) is 2.76. The second-order valence-electron chi connectivity index (χ2n) is 3.94. The maximum atomic E-state index is 10.1. The first kappa shape index (κ1) is 11.7. The van der Waals surface area contributed by atoms with E-state index in [0.717, 1.165) is 23.6 Å². The topological polar surface area (TPSA) is 63.8 Å². The van der Waals surface area contributed by atoms with E-state index in [0.29, 0.717) is 6.42 Å². The highest BCUT2D eigenvalue weighted by Gasteiger charge is 2.12. The zero-order valence-electron chi connectivity index (χ0n) is 10.0. The Balaban J connectivity index is 2.14. The van der Waals surface area contributed by atoms with Crippen molar-refractivity contribution in [2.24, 2.45) is 0 Å². The number of hydrogen-bond acceptors (Lipinski definition) is 4. The molecule has 5 heteroatoms. The van der Waals surface area contributed by atoms with Crippen LogP contribution in [0.4, 0.5) is 0 Å². The summed E-state index contributed by atoms with van der Waals surface area (Å²) in [6, 6.07) is 3.71. The van der Waals surface area contributed by atoms with E-state index in [1.54, 1.807) is 10.9 Å². The molecule has 5 nitrogen and oxygen atoms in total. The first-order valence-electron chi connectivity index (χ1n) is 5.68. The van der Waals surface area contributed by atoms with Gasteiger partial charge in [0.1, 0.15) is 12.2 Å². The Hall–Kier alpha value is -1.75. The maximum Gasteiger partial charge on any atom is 0.138 e. The Kier molecular flexibility index (Phi) is 3.49. The van der Waals surface area contributed by atoms with Gasteiger partial charge in [-0.3, -0.25) is 9.67 Å². The van der Waals surface area contributed by atoms with Crippen LogP contribution in [0.3, 0.4) is 0 Å². The van der Waals surface area contributed by atoms with E-state index in [-0.39, 0.29) is 0 Å². The van der Waals surface area contributed by atoms with Gasteiger partial charge in [-0.15, -0.1) is 0 Å². The highest BCUT2D eigenvalue weighted by molar-refractivity contribution is 5.18. The second kappa shape index (κ2) is 5.05. The number of aliphatic hydroxyl groups excluding tert-OH is 1. The Morgan fingerprint density at radius 1 is 1.41 bits per heavy atom. The Morgan fingerprint density at radius 3 is 2.94 bits per heavy atom. The fraction of sp³-hybridized carbons (Fsp3) is 0.417. The van der Waals surface area contributed by atoms with Gasteiger partial charge in [0.2, 0.25) is 0 Å². The van der Waals surface area contributed by atoms with E-state index >= 15 is 0 Å². The lowest BCUT2D eigenvalue weighted by Crippen LogP contribution is -2.09. The molecule has 0 aliphatic heterocycles. The molecule has 90 valence electrons. The van der Waals surface area contributed by atoms with Gasteiger partial charge in [-0.1, -0.05) is 0 Å². The van der Waals surface area contributed by atoms with Crippen LogP contribution in [0.2, 0.25) is 0 Å². The van der Waals surface area contributed by atoms with Gasteiger partial charge in [-0.05, 0) is 31.5 Å². The van der Waals surface area contributed by atoms with Crippen LogP contribution in [0.25, 0.3) is 0 Å². The molecule has 0 spiro atoms. The average molecular weight is 232 g/mol. The Labute approximate surface area is 100 Å². The minimum Gasteiger partial charge on any atom is -0.388 e. The number of aryl methyl sites for hydroxylation is 2. The third kappa shape index (κ3) is 2.68. The van der Waals surface area contributed by atoms with Crippen molar-refractivity contribution >= 4 is 0 Å². The van der Waals surface area contributed by atoms with Gasteiger partial charge in [0, 0.05) is 24.9 Å². The standard InChI is InChI=1S/C12H16N4O/c1-3-16-12(14-8-15-16)7-11(17)10-4-5-13-9(2)6-10/h4-6,8,11,17H,3,7H2,1-2H3. The molecular weight excluding hydrogens is 216 g/mol. The van der Waals surface area contributed by atoms with Gasteiger partial charge in [0.25, 0.3) is 0 Å². The van der Waals surface area contributed by atoms with E-state index in [1.807, 2.05) is 26.0 Å². The van der Waals surface area contributed by atoms with Crippen molar-refractivity contribution in [3.8, 4) is 0 Å². The summed E-state index contributed by atoms with van der Waals surface area (Å²) < 4.78 is 1.79. The van der Waals surface area contributed by atoms with Crippen LogP contribution in [0.15, 0.2) is 24.7 Å². The molecule has 0 aliphatic rings. The van der Waals surface area contributed by atoms with Crippen molar-refractivity contribution < 1.29 is 5.11 Å². The molecule has 1 N–H and O–H groups in total. The summed E-state index contributed by atoms with van der Waals surface area (Å²) in [4.78, 5) is 8.26. The molecule has 1 atom stereocenters. The molecule has 2 aromatic rings. The summed E-state index contributed by atoms with van der Waals surface area (Å²) in [7, 11) is 0. The largest absolute Gasteiger partial charge is 0.388 e. The molecule has 0 saturated heterocycles. The molecule has 0 radical (unpaired) electrons. The van der Waals surface area contributed by atoms with Crippen LogP contribution >= 0.6 is 0 Å². The fourth-order valence-corrected chi connectivity index (χ4v) is 1.78. The third-order valence-electron chi connectivity index (χ3n) is 2.68. The number of pyridine rings is 1. The van der Waals surface area contributed by atoms with Crippen LogP contribution in [0, 0.1) is 6.92 Å². The van der Waals surface area contributed by atoms with Crippen LogP contribution in [-0.4, -0.2) is 24.9 Å². The SMILES string of the molecule is CCn1ncnc1CC(O)c1ccnc(C)c1. The van der Waals surface area contributed by atoms with Crippen LogP contribution in [-0.2, 0) is 13.0 Å². The van der Waals surface area contributed by atoms with E-state index in [4.69, 9.17) is 0 Å². The second-order valence-corrected chi connectivity index (χ2v) is 3.94. The zero-order valence-corrected chi connectivity index (χ0v) is 10.0. The number of aliphatic hydroxyl groups is 1. The molecular formula is C12H16N4O. The summed E-state index contributed by atoms with van der Waals surface area (Å²) in [5, 5.41) is 14.2. The molecule has 2 aromatic heterocycles. The quantitative estimate of drug-likeness (QED) is 0.862. The highest BCUT2D eigenvalue weighted by atomic mass is 16.3. The van der Waals surface area contributed by atoms with Crippen molar-refractivity contribution in [2.75, 3.05) is 0 Å². The minimum atomic E-state index is -0.564. The van der Waals surface area contributed by atoms with Crippen molar-refractivity contribution in [1.29, 1.82) is 0 Å². The summed E-state index contributed by atoms with van der Waals surface area (Å²) in [6.45, 7) is 4.67.